The number of nitrogens with zero attached hydrogens (tertiary/aromatic N) is 1. The Balaban J connectivity index is 1.75. The molecule has 2 nitrogen and oxygen atoms in total. The normalized spacial score (nSPS) is 14.4. The molecular formula is C32H31NO. The van der Waals surface area contributed by atoms with Crippen LogP contribution in [0, 0.1) is 25.7 Å². The van der Waals surface area contributed by atoms with Gasteiger partial charge >= 0.3 is 0 Å². The number of aryl methyl sites for hydroxylation is 2. The molecule has 0 amide bonds. The van der Waals surface area contributed by atoms with Gasteiger partial charge in [0.05, 0.1) is 5.69 Å². The average molecular weight is 446 g/mol. The molecule has 6 rings (SSSR count). The van der Waals surface area contributed by atoms with Crippen molar-refractivity contribution in [2.24, 2.45) is 11.8 Å². The molecule has 34 heavy (non-hydrogen) atoms. The third kappa shape index (κ3) is 2.60. The molecule has 0 aliphatic heterocycles. The predicted molar refractivity (Wildman–Crippen MR) is 142 cm³/mol. The van der Waals surface area contributed by atoms with E-state index in [1.165, 1.54) is 33.2 Å². The van der Waals surface area contributed by atoms with Crippen molar-refractivity contribution in [2.75, 3.05) is 0 Å². The molecule has 3 aromatic carbocycles. The number of rotatable bonds is 3. The minimum Gasteiger partial charge on any atom is -0.455 e. The lowest BCUT2D eigenvalue weighted by molar-refractivity contribution is 0.280. The second kappa shape index (κ2) is 7.30. The molecule has 1 aliphatic rings. The number of hydrogen-bond acceptors (Lipinski definition) is 2. The van der Waals surface area contributed by atoms with Crippen molar-refractivity contribution in [1.29, 1.82) is 0 Å². The Morgan fingerprint density at radius 2 is 1.38 bits per heavy atom. The zero-order chi connectivity index (χ0) is 23.8. The van der Waals surface area contributed by atoms with Gasteiger partial charge < -0.3 is 4.42 Å². The fourth-order valence-corrected chi connectivity index (χ4v) is 6.67. The maximum Gasteiger partial charge on any atom is 0.145 e. The topological polar surface area (TPSA) is 26.0 Å². The van der Waals surface area contributed by atoms with Crippen LogP contribution in [-0.4, -0.2) is 4.98 Å². The first kappa shape index (κ1) is 21.2. The Hall–Kier alpha value is -3.39. The van der Waals surface area contributed by atoms with Crippen LogP contribution in [0.1, 0.15) is 49.9 Å². The first-order valence-corrected chi connectivity index (χ1v) is 12.4. The van der Waals surface area contributed by atoms with Gasteiger partial charge in [-0.3, -0.25) is 4.98 Å². The lowest BCUT2D eigenvalue weighted by atomic mass is 9.63. The summed E-state index contributed by atoms with van der Waals surface area (Å²) in [5, 5.41) is 2.34. The fourth-order valence-electron chi connectivity index (χ4n) is 6.67. The minimum absolute atomic E-state index is 0.0314. The van der Waals surface area contributed by atoms with Gasteiger partial charge in [-0.05, 0) is 59.6 Å². The Kier molecular flexibility index (Phi) is 4.55. The molecule has 5 aromatic rings. The molecule has 0 N–H and O–H groups in total. The van der Waals surface area contributed by atoms with Gasteiger partial charge in [-0.25, -0.2) is 0 Å². The Labute approximate surface area is 201 Å². The molecule has 2 heteroatoms. The summed E-state index contributed by atoms with van der Waals surface area (Å²) in [4.78, 5) is 4.75. The SMILES string of the molecule is Cc1ccc(-c2c(C)ccc3c2oc2c4c(ccc23)C(C(C)C)(C(C)C)c2ccccc2-4)nc1. The molecule has 0 bridgehead atoms. The van der Waals surface area contributed by atoms with E-state index in [-0.39, 0.29) is 5.41 Å². The first-order chi connectivity index (χ1) is 16.4. The number of hydrogen-bond donors (Lipinski definition) is 0. The van der Waals surface area contributed by atoms with E-state index in [4.69, 9.17) is 9.40 Å². The third-order valence-corrected chi connectivity index (χ3v) is 8.09. The molecule has 0 spiro atoms. The van der Waals surface area contributed by atoms with E-state index in [2.05, 4.69) is 102 Å². The van der Waals surface area contributed by atoms with Gasteiger partial charge in [-0.2, -0.15) is 0 Å². The quantitative estimate of drug-likeness (QED) is 0.277. The van der Waals surface area contributed by atoms with Crippen LogP contribution in [0.5, 0.6) is 0 Å². The molecular weight excluding hydrogens is 414 g/mol. The summed E-state index contributed by atoms with van der Waals surface area (Å²) in [5.74, 6) is 0.928. The van der Waals surface area contributed by atoms with Crippen molar-refractivity contribution in [2.45, 2.75) is 47.0 Å². The van der Waals surface area contributed by atoms with Crippen LogP contribution in [-0.2, 0) is 5.41 Å². The van der Waals surface area contributed by atoms with Crippen LogP contribution in [0.2, 0.25) is 0 Å². The molecule has 0 fully saturated rings. The zero-order valence-electron chi connectivity index (χ0n) is 20.9. The maximum atomic E-state index is 6.86. The molecule has 0 saturated heterocycles. The van der Waals surface area contributed by atoms with Crippen LogP contribution < -0.4 is 0 Å². The highest BCUT2D eigenvalue weighted by atomic mass is 16.3. The lowest BCUT2D eigenvalue weighted by Gasteiger charge is -2.40. The van der Waals surface area contributed by atoms with Gasteiger partial charge in [0.1, 0.15) is 11.2 Å². The summed E-state index contributed by atoms with van der Waals surface area (Å²) in [6.45, 7) is 13.7. The first-order valence-electron chi connectivity index (χ1n) is 12.4. The molecule has 0 radical (unpaired) electrons. The van der Waals surface area contributed by atoms with Crippen molar-refractivity contribution in [1.82, 2.24) is 4.98 Å². The average Bonchev–Trinajstić information content (AvgIpc) is 3.33. The zero-order valence-corrected chi connectivity index (χ0v) is 20.9. The van der Waals surface area contributed by atoms with E-state index in [9.17, 15) is 0 Å². The Bertz CT molecular complexity index is 1560. The Morgan fingerprint density at radius 3 is 2.06 bits per heavy atom. The van der Waals surface area contributed by atoms with E-state index in [1.807, 2.05) is 6.20 Å². The molecule has 170 valence electrons. The van der Waals surface area contributed by atoms with Crippen LogP contribution in [0.15, 0.2) is 71.3 Å². The smallest absolute Gasteiger partial charge is 0.145 e. The highest BCUT2D eigenvalue weighted by Crippen LogP contribution is 2.58. The summed E-state index contributed by atoms with van der Waals surface area (Å²) < 4.78 is 6.86. The van der Waals surface area contributed by atoms with Crippen LogP contribution in [0.4, 0.5) is 0 Å². The van der Waals surface area contributed by atoms with E-state index in [0.29, 0.717) is 11.8 Å². The van der Waals surface area contributed by atoms with Crippen molar-refractivity contribution in [3.63, 3.8) is 0 Å². The molecule has 0 atom stereocenters. The number of benzene rings is 3. The molecule has 2 aromatic heterocycles. The molecule has 0 saturated carbocycles. The van der Waals surface area contributed by atoms with Gasteiger partial charge in [0, 0.05) is 33.5 Å². The van der Waals surface area contributed by atoms with Crippen molar-refractivity contribution < 1.29 is 4.42 Å². The molecule has 0 unspecified atom stereocenters. The predicted octanol–water partition coefficient (Wildman–Crippen LogP) is 8.84. The highest BCUT2D eigenvalue weighted by Gasteiger charge is 2.48. The second-order valence-corrected chi connectivity index (χ2v) is 10.5. The Morgan fingerprint density at radius 1 is 0.706 bits per heavy atom. The van der Waals surface area contributed by atoms with E-state index < -0.39 is 0 Å². The van der Waals surface area contributed by atoms with E-state index >= 15 is 0 Å². The van der Waals surface area contributed by atoms with Crippen molar-refractivity contribution in [3.05, 3.63) is 89.1 Å². The largest absolute Gasteiger partial charge is 0.455 e. The van der Waals surface area contributed by atoms with Gasteiger partial charge in [0.15, 0.2) is 0 Å². The van der Waals surface area contributed by atoms with Gasteiger partial charge in [-0.1, -0.05) is 82.3 Å². The van der Waals surface area contributed by atoms with Gasteiger partial charge in [-0.15, -0.1) is 0 Å². The lowest BCUT2D eigenvalue weighted by Crippen LogP contribution is -2.37. The number of aromatic nitrogens is 1. The summed E-state index contributed by atoms with van der Waals surface area (Å²) in [7, 11) is 0. The molecule has 1 aliphatic carbocycles. The number of furan rings is 1. The fraction of sp³-hybridized carbons (Fsp3) is 0.281. The van der Waals surface area contributed by atoms with Crippen LogP contribution in [0.25, 0.3) is 44.3 Å². The standard InChI is InChI=1S/C32H31NO/c1-18(2)32(19(3)4)25-10-8-7-9-24(25)29-26(32)15-14-23-22-13-12-21(6)28(30(22)34-31(23)29)27-16-11-20(5)17-33-27/h7-19H,1-6H3. The van der Waals surface area contributed by atoms with Crippen LogP contribution in [0.3, 0.4) is 0 Å². The summed E-state index contributed by atoms with van der Waals surface area (Å²) in [6, 6.07) is 22.2. The molecule has 2 heterocycles. The second-order valence-electron chi connectivity index (χ2n) is 10.5. The monoisotopic (exact) mass is 445 g/mol. The highest BCUT2D eigenvalue weighted by molar-refractivity contribution is 6.14. The number of pyridine rings is 1. The van der Waals surface area contributed by atoms with Gasteiger partial charge in [0.2, 0.25) is 0 Å². The van der Waals surface area contributed by atoms with Crippen molar-refractivity contribution in [3.8, 4) is 22.4 Å². The van der Waals surface area contributed by atoms with E-state index in [0.717, 1.165) is 33.4 Å². The summed E-state index contributed by atoms with van der Waals surface area (Å²) in [6.07, 6.45) is 1.93. The van der Waals surface area contributed by atoms with E-state index in [1.54, 1.807) is 0 Å². The van der Waals surface area contributed by atoms with Crippen LogP contribution >= 0.6 is 0 Å². The maximum absolute atomic E-state index is 6.86. The van der Waals surface area contributed by atoms with Crippen molar-refractivity contribution >= 4 is 21.9 Å². The minimum atomic E-state index is -0.0314. The summed E-state index contributed by atoms with van der Waals surface area (Å²) >= 11 is 0. The van der Waals surface area contributed by atoms with Gasteiger partial charge in [0.25, 0.3) is 0 Å². The summed E-state index contributed by atoms with van der Waals surface area (Å²) in [5.41, 5.74) is 11.7. The number of fused-ring (bicyclic) bond motifs is 7. The third-order valence-electron chi connectivity index (χ3n) is 8.09.